The molecule has 0 spiro atoms. The summed E-state index contributed by atoms with van der Waals surface area (Å²) in [5, 5.41) is 1.13. The fourth-order valence-corrected chi connectivity index (χ4v) is 2.28. The molecular formula is C12H15NOS. The fourth-order valence-electron chi connectivity index (χ4n) is 1.45. The van der Waals surface area contributed by atoms with Crippen molar-refractivity contribution in [2.24, 2.45) is 4.99 Å². The Morgan fingerprint density at radius 1 is 1.40 bits per heavy atom. The topological polar surface area (TPSA) is 21.6 Å². The lowest BCUT2D eigenvalue weighted by Gasteiger charge is -2.13. The Hall–Kier alpha value is -0.960. The minimum atomic E-state index is 0.621. The molecule has 0 aromatic heterocycles. The summed E-state index contributed by atoms with van der Waals surface area (Å²) in [4.78, 5) is 4.43. The van der Waals surface area contributed by atoms with Gasteiger partial charge in [-0.05, 0) is 25.0 Å². The quantitative estimate of drug-likeness (QED) is 0.782. The van der Waals surface area contributed by atoms with Crippen molar-refractivity contribution < 1.29 is 4.74 Å². The van der Waals surface area contributed by atoms with Crippen LogP contribution in [0, 0.1) is 6.92 Å². The zero-order chi connectivity index (χ0) is 10.5. The lowest BCUT2D eigenvalue weighted by molar-refractivity contribution is 0.376. The standard InChI is InChI=1S/C12H15NOS/c1-10-5-2-3-6-11(10)14-9-12-13-7-4-8-15-12/h2-3,5-6H,4,7-9H2,1H3. The molecule has 0 amide bonds. The maximum atomic E-state index is 5.72. The summed E-state index contributed by atoms with van der Waals surface area (Å²) in [6.07, 6.45) is 1.19. The largest absolute Gasteiger partial charge is 0.486 e. The molecule has 1 aliphatic heterocycles. The van der Waals surface area contributed by atoms with Crippen LogP contribution < -0.4 is 4.74 Å². The second kappa shape index (κ2) is 5.21. The lowest BCUT2D eigenvalue weighted by atomic mass is 10.2. The molecule has 2 nitrogen and oxygen atoms in total. The number of thioether (sulfide) groups is 1. The average molecular weight is 221 g/mol. The first-order chi connectivity index (χ1) is 7.36. The van der Waals surface area contributed by atoms with Gasteiger partial charge < -0.3 is 4.74 Å². The van der Waals surface area contributed by atoms with Crippen molar-refractivity contribution in [3.05, 3.63) is 29.8 Å². The smallest absolute Gasteiger partial charge is 0.136 e. The van der Waals surface area contributed by atoms with Gasteiger partial charge in [-0.15, -0.1) is 11.8 Å². The Kier molecular flexibility index (Phi) is 3.67. The number of benzene rings is 1. The Bertz CT molecular complexity index is 362. The van der Waals surface area contributed by atoms with E-state index in [-0.39, 0.29) is 0 Å². The number of hydrogen-bond donors (Lipinski definition) is 0. The zero-order valence-corrected chi connectivity index (χ0v) is 9.72. The van der Waals surface area contributed by atoms with Gasteiger partial charge in [-0.25, -0.2) is 0 Å². The van der Waals surface area contributed by atoms with Gasteiger partial charge in [0.2, 0.25) is 0 Å². The van der Waals surface area contributed by atoms with Gasteiger partial charge in [0.25, 0.3) is 0 Å². The summed E-state index contributed by atoms with van der Waals surface area (Å²) >= 11 is 1.81. The summed E-state index contributed by atoms with van der Waals surface area (Å²) in [5.41, 5.74) is 1.18. The monoisotopic (exact) mass is 221 g/mol. The highest BCUT2D eigenvalue weighted by atomic mass is 32.2. The molecule has 1 aromatic carbocycles. The summed E-state index contributed by atoms with van der Waals surface area (Å²) in [7, 11) is 0. The van der Waals surface area contributed by atoms with Crippen LogP contribution in [-0.4, -0.2) is 23.9 Å². The van der Waals surface area contributed by atoms with Crippen LogP contribution in [0.2, 0.25) is 0 Å². The van der Waals surface area contributed by atoms with Gasteiger partial charge in [0.1, 0.15) is 17.4 Å². The highest BCUT2D eigenvalue weighted by Crippen LogP contribution is 2.18. The molecule has 0 saturated heterocycles. The van der Waals surface area contributed by atoms with Crippen LogP contribution in [0.15, 0.2) is 29.3 Å². The number of nitrogens with zero attached hydrogens (tertiary/aromatic N) is 1. The molecule has 0 fully saturated rings. The van der Waals surface area contributed by atoms with Crippen molar-refractivity contribution in [3.63, 3.8) is 0 Å². The van der Waals surface area contributed by atoms with Crippen molar-refractivity contribution in [2.75, 3.05) is 18.9 Å². The normalized spacial score (nSPS) is 15.9. The first-order valence-electron chi connectivity index (χ1n) is 5.21. The SMILES string of the molecule is Cc1ccccc1OCC1=NCCCS1. The molecule has 15 heavy (non-hydrogen) atoms. The van der Waals surface area contributed by atoms with Gasteiger partial charge in [0.05, 0.1) is 0 Å². The molecule has 2 rings (SSSR count). The molecule has 80 valence electrons. The average Bonchev–Trinajstić information content (AvgIpc) is 2.29. The number of rotatable bonds is 3. The van der Waals surface area contributed by atoms with Crippen LogP contribution in [0.5, 0.6) is 5.75 Å². The third kappa shape index (κ3) is 2.99. The fraction of sp³-hybridized carbons (Fsp3) is 0.417. The molecule has 0 saturated carbocycles. The van der Waals surface area contributed by atoms with E-state index in [1.54, 1.807) is 0 Å². The van der Waals surface area contributed by atoms with E-state index >= 15 is 0 Å². The van der Waals surface area contributed by atoms with Gasteiger partial charge in [-0.2, -0.15) is 0 Å². The van der Waals surface area contributed by atoms with E-state index in [4.69, 9.17) is 4.74 Å². The van der Waals surface area contributed by atoms with Crippen LogP contribution in [0.25, 0.3) is 0 Å². The van der Waals surface area contributed by atoms with Crippen LogP contribution in [0.3, 0.4) is 0 Å². The van der Waals surface area contributed by atoms with E-state index < -0.39 is 0 Å². The first-order valence-corrected chi connectivity index (χ1v) is 6.19. The van der Waals surface area contributed by atoms with Crippen molar-refractivity contribution in [1.29, 1.82) is 0 Å². The van der Waals surface area contributed by atoms with Crippen LogP contribution in [0.4, 0.5) is 0 Å². The minimum absolute atomic E-state index is 0.621. The Labute approximate surface area is 94.7 Å². The van der Waals surface area contributed by atoms with Crippen molar-refractivity contribution in [1.82, 2.24) is 0 Å². The molecule has 1 heterocycles. The molecular weight excluding hydrogens is 206 g/mol. The van der Waals surface area contributed by atoms with Crippen LogP contribution in [-0.2, 0) is 0 Å². The molecule has 1 aliphatic rings. The predicted molar refractivity (Wildman–Crippen MR) is 66.1 cm³/mol. The van der Waals surface area contributed by atoms with Crippen molar-refractivity contribution >= 4 is 16.8 Å². The van der Waals surface area contributed by atoms with Gasteiger partial charge in [-0.1, -0.05) is 18.2 Å². The second-order valence-corrected chi connectivity index (χ2v) is 4.70. The molecule has 0 N–H and O–H groups in total. The number of aryl methyl sites for hydroxylation is 1. The molecule has 3 heteroatoms. The van der Waals surface area contributed by atoms with Crippen molar-refractivity contribution in [2.45, 2.75) is 13.3 Å². The Morgan fingerprint density at radius 2 is 2.27 bits per heavy atom. The lowest BCUT2D eigenvalue weighted by Crippen LogP contribution is -2.13. The highest BCUT2D eigenvalue weighted by molar-refractivity contribution is 8.14. The molecule has 0 aliphatic carbocycles. The third-order valence-electron chi connectivity index (χ3n) is 2.30. The van der Waals surface area contributed by atoms with Crippen LogP contribution in [0.1, 0.15) is 12.0 Å². The molecule has 1 aromatic rings. The molecule has 0 unspecified atom stereocenters. The summed E-state index contributed by atoms with van der Waals surface area (Å²) in [6, 6.07) is 8.09. The number of para-hydroxylation sites is 1. The molecule has 0 atom stereocenters. The summed E-state index contributed by atoms with van der Waals surface area (Å²) < 4.78 is 5.72. The third-order valence-corrected chi connectivity index (χ3v) is 3.38. The first kappa shape index (κ1) is 10.6. The van der Waals surface area contributed by atoms with Gasteiger partial charge in [-0.3, -0.25) is 4.99 Å². The highest BCUT2D eigenvalue weighted by Gasteiger charge is 2.07. The number of hydrogen-bond acceptors (Lipinski definition) is 3. The maximum absolute atomic E-state index is 5.72. The zero-order valence-electron chi connectivity index (χ0n) is 8.90. The maximum Gasteiger partial charge on any atom is 0.136 e. The van der Waals surface area contributed by atoms with Gasteiger partial charge in [0, 0.05) is 12.3 Å². The van der Waals surface area contributed by atoms with Crippen molar-refractivity contribution in [3.8, 4) is 5.75 Å². The van der Waals surface area contributed by atoms with E-state index in [0.29, 0.717) is 6.61 Å². The summed E-state index contributed by atoms with van der Waals surface area (Å²) in [5.74, 6) is 2.14. The minimum Gasteiger partial charge on any atom is -0.486 e. The molecule has 0 radical (unpaired) electrons. The van der Waals surface area contributed by atoms with E-state index in [0.717, 1.165) is 17.3 Å². The Morgan fingerprint density at radius 3 is 3.00 bits per heavy atom. The summed E-state index contributed by atoms with van der Waals surface area (Å²) in [6.45, 7) is 3.64. The molecule has 0 bridgehead atoms. The van der Waals surface area contributed by atoms with Gasteiger partial charge in [0.15, 0.2) is 0 Å². The van der Waals surface area contributed by atoms with Gasteiger partial charge >= 0.3 is 0 Å². The predicted octanol–water partition coefficient (Wildman–Crippen LogP) is 2.91. The number of aliphatic imine (C=N–C) groups is 1. The van der Waals surface area contributed by atoms with E-state index in [1.807, 2.05) is 30.0 Å². The van der Waals surface area contributed by atoms with E-state index in [1.165, 1.54) is 17.7 Å². The second-order valence-electron chi connectivity index (χ2n) is 3.53. The van der Waals surface area contributed by atoms with Crippen LogP contribution >= 0.6 is 11.8 Å². The Balaban J connectivity index is 1.93. The van der Waals surface area contributed by atoms with E-state index in [9.17, 15) is 0 Å². The number of ether oxygens (including phenoxy) is 1. The van der Waals surface area contributed by atoms with E-state index in [2.05, 4.69) is 18.0 Å².